The van der Waals surface area contributed by atoms with Gasteiger partial charge in [-0.2, -0.15) is 0 Å². The van der Waals surface area contributed by atoms with Gasteiger partial charge in [0.1, 0.15) is 22.3 Å². The largest absolute Gasteiger partial charge is 0.456 e. The molecule has 0 saturated heterocycles. The highest BCUT2D eigenvalue weighted by Crippen LogP contribution is 2.43. The Morgan fingerprint density at radius 2 is 1.11 bits per heavy atom. The van der Waals surface area contributed by atoms with Gasteiger partial charge in [0, 0.05) is 38.1 Å². The highest BCUT2D eigenvalue weighted by atomic mass is 16.3. The van der Waals surface area contributed by atoms with Crippen molar-refractivity contribution < 1.29 is 8.83 Å². The summed E-state index contributed by atoms with van der Waals surface area (Å²) in [4.78, 5) is 15.0. The second kappa shape index (κ2) is 13.6. The van der Waals surface area contributed by atoms with Crippen LogP contribution in [0, 0.1) is 0 Å². The number of hydrogen-bond acceptors (Lipinski definition) is 3. The second-order valence-electron chi connectivity index (χ2n) is 13.6. The average Bonchev–Trinajstić information content (AvgIpc) is 3.83. The van der Waals surface area contributed by atoms with Gasteiger partial charge in [0.2, 0.25) is 0 Å². The molecule has 0 amide bonds. The van der Waals surface area contributed by atoms with Crippen molar-refractivity contribution in [3.8, 4) is 22.3 Å². The molecule has 0 fully saturated rings. The van der Waals surface area contributed by atoms with E-state index in [1.54, 1.807) is 0 Å². The number of para-hydroxylation sites is 2. The Kier molecular flexibility index (Phi) is 7.96. The Bertz CT molecular complexity index is 3120. The molecule has 2 heterocycles. The minimum Gasteiger partial charge on any atom is -0.456 e. The lowest BCUT2D eigenvalue weighted by Crippen LogP contribution is -2.06. The Morgan fingerprint density at radius 1 is 0.491 bits per heavy atom. The molecule has 5 heteroatoms. The topological polar surface area (TPSA) is 63.4 Å². The standard InChI is InChI=1S/C50H33N3O2/c1-51-50(53-49(52-31-32-14-4-2-5-15-32)35-26-24-34(25-27-35)33-16-6-3-7-17-33)42-29-37(30-45-46(42)39-20-10-12-22-43(39)54-45)41-28-36-18-8-9-19-38(36)48-47(41)40-21-11-13-23-44(40)55-48/h2-30H,1,31H2/b52-49-,53-50-. The quantitative estimate of drug-likeness (QED) is 0.128. The van der Waals surface area contributed by atoms with E-state index in [-0.39, 0.29) is 0 Å². The molecule has 0 aliphatic heterocycles. The van der Waals surface area contributed by atoms with Gasteiger partial charge in [0.25, 0.3) is 0 Å². The monoisotopic (exact) mass is 707 g/mol. The summed E-state index contributed by atoms with van der Waals surface area (Å²) in [5.41, 5.74) is 10.2. The summed E-state index contributed by atoms with van der Waals surface area (Å²) in [6, 6.07) is 60.1. The summed E-state index contributed by atoms with van der Waals surface area (Å²) in [7, 11) is 0. The zero-order valence-corrected chi connectivity index (χ0v) is 29.8. The van der Waals surface area contributed by atoms with Gasteiger partial charge in [-0.1, -0.05) is 146 Å². The first kappa shape index (κ1) is 32.3. The molecule has 260 valence electrons. The third-order valence-corrected chi connectivity index (χ3v) is 10.3. The van der Waals surface area contributed by atoms with Gasteiger partial charge < -0.3 is 8.83 Å². The van der Waals surface area contributed by atoms with Crippen LogP contribution in [0.3, 0.4) is 0 Å². The van der Waals surface area contributed by atoms with Crippen LogP contribution in [0.25, 0.3) is 76.9 Å². The number of nitrogens with zero attached hydrogens (tertiary/aromatic N) is 3. The smallest absolute Gasteiger partial charge is 0.161 e. The molecule has 0 bridgehead atoms. The molecular formula is C50H33N3O2. The van der Waals surface area contributed by atoms with E-state index in [4.69, 9.17) is 18.8 Å². The van der Waals surface area contributed by atoms with Crippen molar-refractivity contribution >= 4 is 73.0 Å². The fourth-order valence-corrected chi connectivity index (χ4v) is 7.64. The van der Waals surface area contributed by atoms with E-state index in [1.165, 1.54) is 0 Å². The van der Waals surface area contributed by atoms with Gasteiger partial charge in [-0.3, -0.25) is 4.99 Å². The third-order valence-electron chi connectivity index (χ3n) is 10.3. The van der Waals surface area contributed by atoms with Crippen LogP contribution in [0.1, 0.15) is 16.7 Å². The van der Waals surface area contributed by atoms with Crippen molar-refractivity contribution in [2.45, 2.75) is 6.54 Å². The molecule has 5 nitrogen and oxygen atoms in total. The summed E-state index contributed by atoms with van der Waals surface area (Å²) in [6.45, 7) is 4.53. The maximum atomic E-state index is 6.60. The number of aliphatic imine (C=N–C) groups is 3. The lowest BCUT2D eigenvalue weighted by molar-refractivity contribution is 0.669. The SMILES string of the molecule is C=N/C(=N\C(=N/Cc1ccccc1)c1ccc(-c2ccccc2)cc1)c1cc(-c2cc3ccccc3c3oc4ccccc4c23)cc2oc3ccccc3c12. The first-order valence-electron chi connectivity index (χ1n) is 18.3. The lowest BCUT2D eigenvalue weighted by atomic mass is 9.92. The lowest BCUT2D eigenvalue weighted by Gasteiger charge is -2.12. The molecule has 10 rings (SSSR count). The number of benzene rings is 8. The Balaban J connectivity index is 1.21. The predicted molar refractivity (Wildman–Crippen MR) is 229 cm³/mol. The molecule has 0 atom stereocenters. The summed E-state index contributed by atoms with van der Waals surface area (Å²) < 4.78 is 13.2. The maximum Gasteiger partial charge on any atom is 0.161 e. The van der Waals surface area contributed by atoms with E-state index < -0.39 is 0 Å². The number of furan rings is 2. The summed E-state index contributed by atoms with van der Waals surface area (Å²) in [5, 5.41) is 6.14. The molecule has 2 aromatic heterocycles. The maximum absolute atomic E-state index is 6.60. The average molecular weight is 708 g/mol. The molecule has 0 aliphatic rings. The van der Waals surface area contributed by atoms with Gasteiger partial charge in [-0.15, -0.1) is 0 Å². The molecule has 0 aliphatic carbocycles. The van der Waals surface area contributed by atoms with Crippen molar-refractivity contribution in [3.63, 3.8) is 0 Å². The first-order valence-corrected chi connectivity index (χ1v) is 18.3. The second-order valence-corrected chi connectivity index (χ2v) is 13.6. The highest BCUT2D eigenvalue weighted by molar-refractivity contribution is 6.25. The number of rotatable bonds is 6. The van der Waals surface area contributed by atoms with Crippen molar-refractivity contribution in [2.24, 2.45) is 15.0 Å². The molecule has 0 N–H and O–H groups in total. The summed E-state index contributed by atoms with van der Waals surface area (Å²) in [6.07, 6.45) is 0. The zero-order chi connectivity index (χ0) is 36.7. The van der Waals surface area contributed by atoms with Crippen molar-refractivity contribution in [2.75, 3.05) is 0 Å². The van der Waals surface area contributed by atoms with Gasteiger partial charge >= 0.3 is 0 Å². The van der Waals surface area contributed by atoms with Crippen LogP contribution in [-0.2, 0) is 6.54 Å². The molecule has 10 aromatic rings. The Labute approximate surface area is 317 Å². The first-order chi connectivity index (χ1) is 27.2. The van der Waals surface area contributed by atoms with Crippen LogP contribution in [0.15, 0.2) is 200 Å². The molecule has 0 spiro atoms. The fourth-order valence-electron chi connectivity index (χ4n) is 7.64. The fraction of sp³-hybridized carbons (Fsp3) is 0.0200. The third kappa shape index (κ3) is 5.79. The normalized spacial score (nSPS) is 12.4. The van der Waals surface area contributed by atoms with E-state index in [0.717, 1.165) is 93.6 Å². The van der Waals surface area contributed by atoms with Crippen LogP contribution in [0.4, 0.5) is 0 Å². The van der Waals surface area contributed by atoms with Crippen molar-refractivity contribution in [3.05, 3.63) is 193 Å². The molecular weight excluding hydrogens is 675 g/mol. The molecule has 8 aromatic carbocycles. The molecule has 0 saturated carbocycles. The van der Waals surface area contributed by atoms with E-state index in [9.17, 15) is 0 Å². The molecule has 0 unspecified atom stereocenters. The Morgan fingerprint density at radius 3 is 1.85 bits per heavy atom. The van der Waals surface area contributed by atoms with Gasteiger partial charge in [-0.25, -0.2) is 9.98 Å². The van der Waals surface area contributed by atoms with Crippen molar-refractivity contribution in [1.29, 1.82) is 0 Å². The predicted octanol–water partition coefficient (Wildman–Crippen LogP) is 13.1. The number of amidine groups is 2. The highest BCUT2D eigenvalue weighted by Gasteiger charge is 2.21. The van der Waals surface area contributed by atoms with Gasteiger partial charge in [0.15, 0.2) is 11.7 Å². The van der Waals surface area contributed by atoms with E-state index in [2.05, 4.69) is 133 Å². The van der Waals surface area contributed by atoms with E-state index in [1.807, 2.05) is 54.6 Å². The number of fused-ring (bicyclic) bond motifs is 8. The van der Waals surface area contributed by atoms with Crippen molar-refractivity contribution in [1.82, 2.24) is 0 Å². The summed E-state index contributed by atoms with van der Waals surface area (Å²) >= 11 is 0. The van der Waals surface area contributed by atoms with Gasteiger partial charge in [0.05, 0.1) is 6.54 Å². The van der Waals surface area contributed by atoms with Crippen LogP contribution in [0.5, 0.6) is 0 Å². The Hall–Kier alpha value is -7.37. The van der Waals surface area contributed by atoms with Crippen LogP contribution >= 0.6 is 0 Å². The van der Waals surface area contributed by atoms with Gasteiger partial charge in [-0.05, 0) is 70.3 Å². The zero-order valence-electron chi connectivity index (χ0n) is 29.8. The number of hydrogen-bond donors (Lipinski definition) is 0. The van der Waals surface area contributed by atoms with Crippen LogP contribution in [0.2, 0.25) is 0 Å². The molecule has 0 radical (unpaired) electrons. The van der Waals surface area contributed by atoms with Crippen LogP contribution < -0.4 is 0 Å². The van der Waals surface area contributed by atoms with Crippen LogP contribution in [-0.4, -0.2) is 18.4 Å². The minimum atomic E-state index is 0.450. The minimum absolute atomic E-state index is 0.450. The van der Waals surface area contributed by atoms with E-state index >= 15 is 0 Å². The van der Waals surface area contributed by atoms with E-state index in [0.29, 0.717) is 18.2 Å². The summed E-state index contributed by atoms with van der Waals surface area (Å²) in [5.74, 6) is 1.01. The molecule has 55 heavy (non-hydrogen) atoms.